The van der Waals surface area contributed by atoms with Gasteiger partial charge < -0.3 is 24.6 Å². The second kappa shape index (κ2) is 7.54. The van der Waals surface area contributed by atoms with Gasteiger partial charge in [-0.1, -0.05) is 38.1 Å². The number of ether oxygens (including phenoxy) is 1. The molecule has 2 fully saturated rings. The molecule has 5 rings (SSSR count). The second-order valence-electron chi connectivity index (χ2n) is 7.90. The lowest BCUT2D eigenvalue weighted by atomic mass is 10.0. The standard InChI is InChI=1S/C19H22N5O6P/c1-8(2)9-3-5-10(6-4-9)15-21-12-16(22-19(20)23-17(12)26)24(15)18-13(25)14-11(29-18)7-28-31(27)30-14/h3-6,8,11,13-14,18,25,31H,7H2,1-2H3,(H3,20,22,23,26)/t11?,13?,14-,18-/m1/s1. The topological polar surface area (TPSA) is 155 Å². The highest BCUT2D eigenvalue weighted by Crippen LogP contribution is 2.44. The number of rotatable bonds is 3. The maximum Gasteiger partial charge on any atom is 0.319 e. The Kier molecular flexibility index (Phi) is 4.95. The summed E-state index contributed by atoms with van der Waals surface area (Å²) in [5.41, 5.74) is 7.35. The summed E-state index contributed by atoms with van der Waals surface area (Å²) in [5.74, 6) is 0.639. The first kappa shape index (κ1) is 20.3. The molecular weight excluding hydrogens is 425 g/mol. The molecule has 3 unspecified atom stereocenters. The van der Waals surface area contributed by atoms with Crippen molar-refractivity contribution in [1.29, 1.82) is 0 Å². The molecule has 4 heterocycles. The van der Waals surface area contributed by atoms with Gasteiger partial charge in [0.2, 0.25) is 5.95 Å². The highest BCUT2D eigenvalue weighted by molar-refractivity contribution is 7.33. The molecule has 3 aromatic rings. The molecule has 0 amide bonds. The summed E-state index contributed by atoms with van der Waals surface area (Å²) in [5, 5.41) is 10.9. The third-order valence-electron chi connectivity index (χ3n) is 5.57. The summed E-state index contributed by atoms with van der Waals surface area (Å²) in [7, 11) is -2.71. The van der Waals surface area contributed by atoms with Crippen LogP contribution >= 0.6 is 8.25 Å². The summed E-state index contributed by atoms with van der Waals surface area (Å²) in [6.45, 7) is 4.21. The molecule has 0 saturated carbocycles. The van der Waals surface area contributed by atoms with Crippen LogP contribution in [0.5, 0.6) is 0 Å². The highest BCUT2D eigenvalue weighted by atomic mass is 31.1. The lowest BCUT2D eigenvalue weighted by Crippen LogP contribution is -2.37. The van der Waals surface area contributed by atoms with Crippen LogP contribution in [0.4, 0.5) is 5.95 Å². The van der Waals surface area contributed by atoms with Gasteiger partial charge in [-0.05, 0) is 11.5 Å². The summed E-state index contributed by atoms with van der Waals surface area (Å²) < 4.78 is 29.6. The molecule has 2 aliphatic heterocycles. The van der Waals surface area contributed by atoms with E-state index in [1.54, 1.807) is 0 Å². The number of nitrogens with zero attached hydrogens (tertiary/aromatic N) is 3. The van der Waals surface area contributed by atoms with Crippen LogP contribution < -0.4 is 11.3 Å². The number of nitrogen functional groups attached to an aromatic ring is 1. The van der Waals surface area contributed by atoms with Gasteiger partial charge in [-0.15, -0.1) is 0 Å². The van der Waals surface area contributed by atoms with Crippen LogP contribution in [0.3, 0.4) is 0 Å². The molecule has 12 heteroatoms. The summed E-state index contributed by atoms with van der Waals surface area (Å²) >= 11 is 0. The number of benzene rings is 1. The van der Waals surface area contributed by atoms with E-state index in [9.17, 15) is 14.5 Å². The quantitative estimate of drug-likeness (QED) is 0.507. The number of aliphatic hydroxyl groups excluding tert-OH is 1. The fourth-order valence-corrected chi connectivity index (χ4v) is 4.85. The first-order chi connectivity index (χ1) is 14.8. The van der Waals surface area contributed by atoms with Gasteiger partial charge in [-0.3, -0.25) is 18.9 Å². The zero-order chi connectivity index (χ0) is 21.9. The monoisotopic (exact) mass is 447 g/mol. The Balaban J connectivity index is 1.68. The van der Waals surface area contributed by atoms with Crippen molar-refractivity contribution >= 4 is 25.4 Å². The van der Waals surface area contributed by atoms with E-state index in [0.29, 0.717) is 17.3 Å². The maximum absolute atomic E-state index is 12.5. The summed E-state index contributed by atoms with van der Waals surface area (Å²) in [4.78, 5) is 23.7. The van der Waals surface area contributed by atoms with E-state index in [1.165, 1.54) is 4.57 Å². The molecule has 0 bridgehead atoms. The molecule has 2 aromatic heterocycles. The minimum atomic E-state index is -2.71. The minimum absolute atomic E-state index is 0.0250. The van der Waals surface area contributed by atoms with Crippen molar-refractivity contribution in [3.63, 3.8) is 0 Å². The molecule has 0 radical (unpaired) electrons. The number of H-pyrrole nitrogens is 1. The molecule has 164 valence electrons. The number of aromatic amines is 1. The fourth-order valence-electron chi connectivity index (χ4n) is 3.97. The number of aromatic nitrogens is 4. The van der Waals surface area contributed by atoms with Gasteiger partial charge in [0.1, 0.15) is 24.1 Å². The van der Waals surface area contributed by atoms with Crippen molar-refractivity contribution < 1.29 is 23.5 Å². The van der Waals surface area contributed by atoms with Gasteiger partial charge in [-0.2, -0.15) is 4.98 Å². The molecule has 5 atom stereocenters. The smallest absolute Gasteiger partial charge is 0.319 e. The van der Waals surface area contributed by atoms with Crippen LogP contribution in [0.2, 0.25) is 0 Å². The van der Waals surface area contributed by atoms with Gasteiger partial charge >= 0.3 is 8.25 Å². The van der Waals surface area contributed by atoms with Crippen LogP contribution in [-0.2, 0) is 18.3 Å². The number of aliphatic hydroxyl groups is 1. The van der Waals surface area contributed by atoms with Crippen LogP contribution in [0.15, 0.2) is 29.1 Å². The number of hydrogen-bond acceptors (Lipinski definition) is 9. The van der Waals surface area contributed by atoms with Gasteiger partial charge in [0.25, 0.3) is 5.56 Å². The van der Waals surface area contributed by atoms with E-state index in [2.05, 4.69) is 28.8 Å². The van der Waals surface area contributed by atoms with Crippen LogP contribution in [-0.4, -0.2) is 49.5 Å². The lowest BCUT2D eigenvalue weighted by molar-refractivity contribution is -0.0546. The Morgan fingerprint density at radius 3 is 2.74 bits per heavy atom. The summed E-state index contributed by atoms with van der Waals surface area (Å²) in [6, 6.07) is 7.73. The molecule has 11 nitrogen and oxygen atoms in total. The zero-order valence-electron chi connectivity index (χ0n) is 16.8. The minimum Gasteiger partial charge on any atom is -0.386 e. The Hall–Kier alpha value is -2.56. The second-order valence-corrected chi connectivity index (χ2v) is 8.93. The van der Waals surface area contributed by atoms with Gasteiger partial charge in [0.15, 0.2) is 17.4 Å². The Morgan fingerprint density at radius 2 is 2.03 bits per heavy atom. The number of imidazole rings is 1. The first-order valence-electron chi connectivity index (χ1n) is 9.88. The number of nitrogens with one attached hydrogen (secondary N) is 1. The van der Waals surface area contributed by atoms with Crippen molar-refractivity contribution in [3.8, 4) is 11.4 Å². The third-order valence-corrected chi connectivity index (χ3v) is 6.43. The van der Waals surface area contributed by atoms with Crippen molar-refractivity contribution in [2.24, 2.45) is 0 Å². The van der Waals surface area contributed by atoms with Crippen molar-refractivity contribution in [2.75, 3.05) is 12.3 Å². The zero-order valence-corrected chi connectivity index (χ0v) is 17.8. The normalized spacial score (nSPS) is 28.3. The van der Waals surface area contributed by atoms with Gasteiger partial charge in [0.05, 0.1) is 6.61 Å². The molecule has 2 saturated heterocycles. The van der Waals surface area contributed by atoms with Crippen LogP contribution in [0.1, 0.15) is 31.6 Å². The van der Waals surface area contributed by atoms with Crippen molar-refractivity contribution in [1.82, 2.24) is 19.5 Å². The molecule has 4 N–H and O–H groups in total. The van der Waals surface area contributed by atoms with Crippen LogP contribution in [0, 0.1) is 0 Å². The lowest BCUT2D eigenvalue weighted by Gasteiger charge is -2.24. The first-order valence-corrected chi connectivity index (χ1v) is 11.1. The van der Waals surface area contributed by atoms with E-state index in [-0.39, 0.29) is 23.7 Å². The predicted octanol–water partition coefficient (Wildman–Crippen LogP) is 1.56. The molecular formula is C19H22N5O6P. The molecule has 0 aliphatic carbocycles. The van der Waals surface area contributed by atoms with E-state index in [1.807, 2.05) is 24.3 Å². The van der Waals surface area contributed by atoms with Gasteiger partial charge in [0, 0.05) is 5.56 Å². The molecule has 1 aromatic carbocycles. The van der Waals surface area contributed by atoms with Crippen molar-refractivity contribution in [3.05, 3.63) is 40.2 Å². The van der Waals surface area contributed by atoms with E-state index < -0.39 is 38.4 Å². The van der Waals surface area contributed by atoms with E-state index >= 15 is 0 Å². The predicted molar refractivity (Wildman–Crippen MR) is 112 cm³/mol. The number of anilines is 1. The number of hydrogen-bond donors (Lipinski definition) is 3. The summed E-state index contributed by atoms with van der Waals surface area (Å²) in [6.07, 6.45) is -3.64. The van der Waals surface area contributed by atoms with E-state index in [4.69, 9.17) is 19.5 Å². The SMILES string of the molecule is CC(C)c1ccc(-c2nc3c(=O)[nH]c(N)nc3n2[C@@H]2OC3CO[PH](=O)O[C@H]3C2O)cc1. The average Bonchev–Trinajstić information content (AvgIpc) is 3.26. The molecule has 31 heavy (non-hydrogen) atoms. The fraction of sp³-hybridized carbons (Fsp3) is 0.421. The number of fused-ring (bicyclic) bond motifs is 2. The van der Waals surface area contributed by atoms with Gasteiger partial charge in [-0.25, -0.2) is 4.98 Å². The number of nitrogens with two attached hydrogens (primary N) is 1. The Morgan fingerprint density at radius 1 is 1.29 bits per heavy atom. The van der Waals surface area contributed by atoms with Crippen molar-refractivity contribution in [2.45, 2.75) is 44.3 Å². The average molecular weight is 447 g/mol. The maximum atomic E-state index is 12.5. The molecule has 0 spiro atoms. The highest BCUT2D eigenvalue weighted by Gasteiger charge is 2.50. The third kappa shape index (κ3) is 3.38. The Bertz CT molecular complexity index is 1220. The molecule has 2 aliphatic rings. The van der Waals surface area contributed by atoms with E-state index in [0.717, 1.165) is 5.56 Å². The Labute approximate surface area is 177 Å². The largest absolute Gasteiger partial charge is 0.386 e. The van der Waals surface area contributed by atoms with Crippen LogP contribution in [0.25, 0.3) is 22.6 Å².